The molecule has 3 atom stereocenters. The summed E-state index contributed by atoms with van der Waals surface area (Å²) in [6, 6.07) is -0.827. The molecule has 11 nitrogen and oxygen atoms in total. The van der Waals surface area contributed by atoms with Crippen LogP contribution in [0, 0.1) is 5.92 Å². The number of nitrogens with one attached hydrogen (secondary N) is 2. The van der Waals surface area contributed by atoms with E-state index in [2.05, 4.69) is 35.8 Å². The fraction of sp³-hybridized carbons (Fsp3) is 0.652. The van der Waals surface area contributed by atoms with Gasteiger partial charge in [0, 0.05) is 18.9 Å². The zero-order chi connectivity index (χ0) is 25.4. The zero-order valence-corrected chi connectivity index (χ0v) is 21.5. The highest BCUT2D eigenvalue weighted by Gasteiger charge is 2.40. The summed E-state index contributed by atoms with van der Waals surface area (Å²) >= 11 is 0. The zero-order valence-electron chi connectivity index (χ0n) is 20.7. The second kappa shape index (κ2) is 10.9. The maximum Gasteiger partial charge on any atom is 0.289 e. The summed E-state index contributed by atoms with van der Waals surface area (Å²) in [6.07, 6.45) is 5.47. The van der Waals surface area contributed by atoms with Gasteiger partial charge in [-0.3, -0.25) is 4.79 Å². The monoisotopic (exact) mass is 539 g/mol. The molecule has 14 heteroatoms. The number of amides is 1. The van der Waals surface area contributed by atoms with Crippen molar-refractivity contribution in [3.8, 4) is 0 Å². The molecule has 1 amide bonds. The Hall–Kier alpha value is -2.77. The van der Waals surface area contributed by atoms with Crippen molar-refractivity contribution < 1.29 is 18.7 Å². The third kappa shape index (κ3) is 5.88. The van der Waals surface area contributed by atoms with Crippen LogP contribution in [0.4, 0.5) is 8.78 Å². The van der Waals surface area contributed by atoms with Crippen LogP contribution in [0.2, 0.25) is 0 Å². The van der Waals surface area contributed by atoms with Crippen LogP contribution >= 0.6 is 12.4 Å². The lowest BCUT2D eigenvalue weighted by atomic mass is 9.81. The lowest BCUT2D eigenvalue weighted by Crippen LogP contribution is -2.38. The number of piperidine rings is 1. The first-order valence-electron chi connectivity index (χ1n) is 12.4. The van der Waals surface area contributed by atoms with Gasteiger partial charge in [0.2, 0.25) is 11.7 Å². The van der Waals surface area contributed by atoms with Crippen LogP contribution < -0.4 is 10.6 Å². The molecule has 5 rings (SSSR count). The number of fused-ring (bicyclic) bond motifs is 1. The summed E-state index contributed by atoms with van der Waals surface area (Å²) < 4.78 is 30.9. The molecule has 2 fully saturated rings. The summed E-state index contributed by atoms with van der Waals surface area (Å²) in [5.74, 6) is -2.88. The number of carbonyl (C=O) groups is 1. The molecular formula is C23H32ClF2N9O2. The molecule has 202 valence electrons. The van der Waals surface area contributed by atoms with E-state index in [0.29, 0.717) is 36.6 Å². The standard InChI is InChI=1S/C23H31F2N9O2.ClH/c1-13(2)34-20(27-12-29-34)21(36)32-19(14-3-6-23(24,25)7-4-14)18-11-33-22(31-18)30-17(10-28-33)16-9-15(35)5-8-26-16;/h10-16,19,26,35H,3-9H2,1-2H3,(H,32,36);1H/t15-,16+,19-;/m0./s1. The van der Waals surface area contributed by atoms with Gasteiger partial charge in [-0.2, -0.15) is 10.2 Å². The Kier molecular flexibility index (Phi) is 8.05. The number of aliphatic hydroxyl groups excluding tert-OH is 1. The second-order valence-electron chi connectivity index (χ2n) is 10.0. The number of aromatic nitrogens is 7. The third-order valence-electron chi connectivity index (χ3n) is 7.07. The summed E-state index contributed by atoms with van der Waals surface area (Å²) in [7, 11) is 0. The van der Waals surface area contributed by atoms with Crippen molar-refractivity contribution in [2.45, 2.75) is 82.5 Å². The minimum absolute atomic E-state index is 0. The number of imidazole rings is 1. The van der Waals surface area contributed by atoms with Gasteiger partial charge in [0.15, 0.2) is 0 Å². The molecule has 1 saturated carbocycles. The number of hydrogen-bond donors (Lipinski definition) is 3. The Balaban J connectivity index is 0.00000320. The first-order chi connectivity index (χ1) is 17.2. The smallest absolute Gasteiger partial charge is 0.289 e. The Bertz CT molecular complexity index is 1220. The van der Waals surface area contributed by atoms with Gasteiger partial charge in [-0.1, -0.05) is 0 Å². The van der Waals surface area contributed by atoms with E-state index in [1.54, 1.807) is 12.4 Å². The lowest BCUT2D eigenvalue weighted by Gasteiger charge is -2.33. The van der Waals surface area contributed by atoms with E-state index in [1.165, 1.54) is 15.5 Å². The predicted octanol–water partition coefficient (Wildman–Crippen LogP) is 2.80. The molecule has 4 heterocycles. The number of nitrogens with zero attached hydrogens (tertiary/aromatic N) is 7. The Morgan fingerprint density at radius 3 is 2.68 bits per heavy atom. The molecule has 0 bridgehead atoms. The Morgan fingerprint density at radius 2 is 1.97 bits per heavy atom. The molecule has 1 aliphatic carbocycles. The van der Waals surface area contributed by atoms with Crippen LogP contribution in [0.1, 0.15) is 92.5 Å². The lowest BCUT2D eigenvalue weighted by molar-refractivity contribution is -0.0495. The number of carbonyl (C=O) groups excluding carboxylic acids is 1. The van der Waals surface area contributed by atoms with Crippen LogP contribution in [0.15, 0.2) is 18.7 Å². The molecule has 1 saturated heterocycles. The van der Waals surface area contributed by atoms with E-state index in [-0.39, 0.29) is 61.9 Å². The number of halogens is 3. The molecule has 0 aromatic carbocycles. The number of rotatable bonds is 6. The summed E-state index contributed by atoms with van der Waals surface area (Å²) in [5, 5.41) is 24.9. The van der Waals surface area contributed by atoms with Gasteiger partial charge < -0.3 is 15.7 Å². The van der Waals surface area contributed by atoms with Gasteiger partial charge in [-0.15, -0.1) is 12.4 Å². The van der Waals surface area contributed by atoms with Gasteiger partial charge in [0.25, 0.3) is 11.7 Å². The van der Waals surface area contributed by atoms with Crippen molar-refractivity contribution in [1.82, 2.24) is 45.0 Å². The SMILES string of the molecule is CC(C)n1ncnc1C(=O)N[C@H](c1cn2ncc([C@H]3C[C@@H](O)CCN3)nc2n1)C1CCC(F)(F)CC1.Cl. The normalized spacial score (nSPS) is 23.1. The van der Waals surface area contributed by atoms with Crippen LogP contribution in [0.25, 0.3) is 5.78 Å². The molecular weight excluding hydrogens is 508 g/mol. The maximum atomic E-state index is 13.9. The van der Waals surface area contributed by atoms with Crippen molar-refractivity contribution in [3.63, 3.8) is 0 Å². The first kappa shape index (κ1) is 27.3. The van der Waals surface area contributed by atoms with Crippen molar-refractivity contribution in [1.29, 1.82) is 0 Å². The van der Waals surface area contributed by atoms with Crippen molar-refractivity contribution in [2.24, 2.45) is 5.92 Å². The summed E-state index contributed by atoms with van der Waals surface area (Å²) in [5.41, 5.74) is 1.17. The summed E-state index contributed by atoms with van der Waals surface area (Å²) in [4.78, 5) is 26.6. The Labute approximate surface area is 218 Å². The van der Waals surface area contributed by atoms with Crippen LogP contribution in [-0.2, 0) is 0 Å². The average molecular weight is 540 g/mol. The van der Waals surface area contributed by atoms with Gasteiger partial charge in [0.05, 0.1) is 42.0 Å². The topological polar surface area (TPSA) is 135 Å². The van der Waals surface area contributed by atoms with Crippen LogP contribution in [-0.4, -0.2) is 63.9 Å². The highest BCUT2D eigenvalue weighted by molar-refractivity contribution is 5.90. The quantitative estimate of drug-likeness (QED) is 0.435. The highest BCUT2D eigenvalue weighted by Crippen LogP contribution is 2.41. The molecule has 0 unspecified atom stereocenters. The maximum absolute atomic E-state index is 13.9. The Morgan fingerprint density at radius 1 is 1.22 bits per heavy atom. The van der Waals surface area contributed by atoms with E-state index < -0.39 is 24.0 Å². The van der Waals surface area contributed by atoms with Crippen LogP contribution in [0.3, 0.4) is 0 Å². The van der Waals surface area contributed by atoms with E-state index in [1.807, 2.05) is 13.8 Å². The first-order valence-corrected chi connectivity index (χ1v) is 12.4. The van der Waals surface area contributed by atoms with E-state index >= 15 is 0 Å². The van der Waals surface area contributed by atoms with Gasteiger partial charge in [-0.05, 0) is 52.0 Å². The van der Waals surface area contributed by atoms with Gasteiger partial charge >= 0.3 is 0 Å². The predicted molar refractivity (Wildman–Crippen MR) is 132 cm³/mol. The molecule has 3 N–H and O–H groups in total. The largest absolute Gasteiger partial charge is 0.393 e. The number of alkyl halides is 2. The number of hydrogen-bond acceptors (Lipinski definition) is 8. The van der Waals surface area contributed by atoms with Gasteiger partial charge in [-0.25, -0.2) is 32.9 Å². The highest BCUT2D eigenvalue weighted by atomic mass is 35.5. The molecule has 2 aliphatic rings. The van der Waals surface area contributed by atoms with E-state index in [9.17, 15) is 18.7 Å². The molecule has 1 aliphatic heterocycles. The van der Waals surface area contributed by atoms with E-state index in [0.717, 1.165) is 0 Å². The second-order valence-corrected chi connectivity index (χ2v) is 10.0. The molecule has 3 aromatic rings. The molecule has 37 heavy (non-hydrogen) atoms. The van der Waals surface area contributed by atoms with Crippen LogP contribution in [0.5, 0.6) is 0 Å². The minimum Gasteiger partial charge on any atom is -0.393 e. The van der Waals surface area contributed by atoms with Crippen molar-refractivity contribution in [2.75, 3.05) is 6.54 Å². The fourth-order valence-electron chi connectivity index (χ4n) is 5.07. The summed E-state index contributed by atoms with van der Waals surface area (Å²) in [6.45, 7) is 4.46. The molecule has 3 aromatic heterocycles. The third-order valence-corrected chi connectivity index (χ3v) is 7.07. The molecule has 0 radical (unpaired) electrons. The minimum atomic E-state index is -2.70. The van der Waals surface area contributed by atoms with Gasteiger partial charge in [0.1, 0.15) is 6.33 Å². The van der Waals surface area contributed by atoms with Crippen molar-refractivity contribution >= 4 is 24.1 Å². The van der Waals surface area contributed by atoms with Crippen molar-refractivity contribution in [3.05, 3.63) is 35.9 Å². The molecule has 0 spiro atoms. The van der Waals surface area contributed by atoms with E-state index in [4.69, 9.17) is 0 Å². The number of aliphatic hydroxyl groups is 1. The fourth-order valence-corrected chi connectivity index (χ4v) is 5.07. The average Bonchev–Trinajstić information content (AvgIpc) is 3.50.